The number of hydrogen-bond acceptors (Lipinski definition) is 5. The predicted octanol–water partition coefficient (Wildman–Crippen LogP) is 2.69. The van der Waals surface area contributed by atoms with Gasteiger partial charge in [0.25, 0.3) is 0 Å². The highest BCUT2D eigenvalue weighted by Gasteiger charge is 2.24. The van der Waals surface area contributed by atoms with Crippen LogP contribution in [-0.2, 0) is 6.54 Å². The van der Waals surface area contributed by atoms with E-state index >= 15 is 0 Å². The summed E-state index contributed by atoms with van der Waals surface area (Å²) in [6.45, 7) is 8.22. The molecule has 0 saturated carbocycles. The van der Waals surface area contributed by atoms with Crippen LogP contribution in [0.25, 0.3) is 0 Å². The number of hydrogen-bond donors (Lipinski definition) is 0. The molecule has 2 aliphatic heterocycles. The van der Waals surface area contributed by atoms with Gasteiger partial charge in [-0.25, -0.2) is 0 Å². The van der Waals surface area contributed by atoms with Crippen molar-refractivity contribution < 1.29 is 0 Å². The number of rotatable bonds is 5. The van der Waals surface area contributed by atoms with E-state index in [0.717, 1.165) is 17.6 Å². The number of likely N-dealkylation sites (tertiary alicyclic amines) is 2. The molecule has 2 aliphatic rings. The summed E-state index contributed by atoms with van der Waals surface area (Å²) >= 11 is 1.75. The molecule has 2 fully saturated rings. The van der Waals surface area contributed by atoms with Crippen LogP contribution in [0.15, 0.2) is 0 Å². The lowest BCUT2D eigenvalue weighted by molar-refractivity contribution is 0.121. The fraction of sp³-hybridized carbons (Fsp3) is 0.867. The van der Waals surface area contributed by atoms with Gasteiger partial charge in [-0.2, -0.15) is 0 Å². The third kappa shape index (κ3) is 3.77. The standard InChI is InChI=1S/C15H26N4S/c1-13-16-17-15(20-13)12-19-10-3-2-6-14(19)7-11-18-8-4-5-9-18/h14H,2-12H2,1H3/t14-/m0/s1. The van der Waals surface area contributed by atoms with E-state index in [2.05, 4.69) is 20.0 Å². The van der Waals surface area contributed by atoms with Crippen LogP contribution in [-0.4, -0.2) is 52.2 Å². The van der Waals surface area contributed by atoms with E-state index in [4.69, 9.17) is 0 Å². The SMILES string of the molecule is Cc1nnc(CN2CCCC[C@H]2CCN2CCCC2)s1. The van der Waals surface area contributed by atoms with Gasteiger partial charge in [-0.15, -0.1) is 21.5 Å². The highest BCUT2D eigenvalue weighted by molar-refractivity contribution is 7.11. The molecule has 1 atom stereocenters. The summed E-state index contributed by atoms with van der Waals surface area (Å²) in [6, 6.07) is 0.758. The maximum absolute atomic E-state index is 4.30. The van der Waals surface area contributed by atoms with Crippen molar-refractivity contribution in [3.05, 3.63) is 10.0 Å². The number of aryl methyl sites for hydroxylation is 1. The molecule has 3 rings (SSSR count). The second-order valence-electron chi connectivity index (χ2n) is 6.17. The molecule has 0 unspecified atom stereocenters. The Hall–Kier alpha value is -0.520. The van der Waals surface area contributed by atoms with Crippen LogP contribution in [0.5, 0.6) is 0 Å². The second-order valence-corrected chi connectivity index (χ2v) is 7.44. The average molecular weight is 294 g/mol. The topological polar surface area (TPSA) is 32.3 Å². The van der Waals surface area contributed by atoms with Gasteiger partial charge in [-0.05, 0) is 65.2 Å². The largest absolute Gasteiger partial charge is 0.303 e. The van der Waals surface area contributed by atoms with E-state index in [1.54, 1.807) is 11.3 Å². The molecule has 4 nitrogen and oxygen atoms in total. The number of aromatic nitrogens is 2. The number of nitrogens with zero attached hydrogens (tertiary/aromatic N) is 4. The van der Waals surface area contributed by atoms with Crippen molar-refractivity contribution in [2.75, 3.05) is 26.2 Å². The van der Waals surface area contributed by atoms with Gasteiger partial charge in [0.1, 0.15) is 10.0 Å². The van der Waals surface area contributed by atoms with Gasteiger partial charge >= 0.3 is 0 Å². The summed E-state index contributed by atoms with van der Waals surface area (Å²) in [5, 5.41) is 10.7. The third-order valence-corrected chi connectivity index (χ3v) is 5.46. The summed E-state index contributed by atoms with van der Waals surface area (Å²) in [5.74, 6) is 0. The summed E-state index contributed by atoms with van der Waals surface area (Å²) < 4.78 is 0. The van der Waals surface area contributed by atoms with Crippen LogP contribution >= 0.6 is 11.3 Å². The molecule has 0 bridgehead atoms. The molecule has 0 amide bonds. The average Bonchev–Trinajstić information content (AvgIpc) is 3.10. The summed E-state index contributed by atoms with van der Waals surface area (Å²) in [5.41, 5.74) is 0. The molecule has 1 aromatic heterocycles. The van der Waals surface area contributed by atoms with Gasteiger partial charge in [-0.1, -0.05) is 6.42 Å². The van der Waals surface area contributed by atoms with Crippen LogP contribution < -0.4 is 0 Å². The van der Waals surface area contributed by atoms with Crippen molar-refractivity contribution in [1.29, 1.82) is 0 Å². The minimum atomic E-state index is 0.758. The lowest BCUT2D eigenvalue weighted by Crippen LogP contribution is -2.40. The summed E-state index contributed by atoms with van der Waals surface area (Å²) in [7, 11) is 0. The molecule has 0 aliphatic carbocycles. The Morgan fingerprint density at radius 2 is 1.90 bits per heavy atom. The molecule has 20 heavy (non-hydrogen) atoms. The zero-order valence-corrected chi connectivity index (χ0v) is 13.4. The quantitative estimate of drug-likeness (QED) is 0.836. The van der Waals surface area contributed by atoms with Crippen LogP contribution in [0.2, 0.25) is 0 Å². The van der Waals surface area contributed by atoms with Crippen molar-refractivity contribution in [2.45, 2.75) is 58.0 Å². The third-order valence-electron chi connectivity index (χ3n) is 4.63. The first-order valence-corrected chi connectivity index (χ1v) is 8.88. The smallest absolute Gasteiger partial charge is 0.131 e. The van der Waals surface area contributed by atoms with Crippen LogP contribution in [0.3, 0.4) is 0 Å². The van der Waals surface area contributed by atoms with Gasteiger partial charge in [-0.3, -0.25) is 4.90 Å². The van der Waals surface area contributed by atoms with E-state index in [9.17, 15) is 0 Å². The van der Waals surface area contributed by atoms with E-state index in [1.165, 1.54) is 69.7 Å². The first-order valence-electron chi connectivity index (χ1n) is 8.06. The van der Waals surface area contributed by atoms with Gasteiger partial charge in [0, 0.05) is 6.04 Å². The van der Waals surface area contributed by atoms with Gasteiger partial charge < -0.3 is 4.90 Å². The molecule has 2 saturated heterocycles. The van der Waals surface area contributed by atoms with Crippen molar-refractivity contribution >= 4 is 11.3 Å². The molecule has 5 heteroatoms. The molecule has 112 valence electrons. The molecular weight excluding hydrogens is 268 g/mol. The fourth-order valence-electron chi connectivity index (χ4n) is 3.51. The zero-order chi connectivity index (χ0) is 13.8. The Morgan fingerprint density at radius 1 is 1.10 bits per heavy atom. The minimum absolute atomic E-state index is 0.758. The summed E-state index contributed by atoms with van der Waals surface area (Å²) in [4.78, 5) is 5.29. The molecule has 0 radical (unpaired) electrons. The summed E-state index contributed by atoms with van der Waals surface area (Å²) in [6.07, 6.45) is 8.24. The Balaban J connectivity index is 1.52. The van der Waals surface area contributed by atoms with Gasteiger partial charge in [0.2, 0.25) is 0 Å². The first kappa shape index (κ1) is 14.4. The van der Waals surface area contributed by atoms with Crippen molar-refractivity contribution in [3.63, 3.8) is 0 Å². The van der Waals surface area contributed by atoms with E-state index < -0.39 is 0 Å². The molecule has 0 spiro atoms. The fourth-order valence-corrected chi connectivity index (χ4v) is 4.24. The first-order chi connectivity index (χ1) is 9.81. The Labute approximate surface area is 126 Å². The molecule has 0 N–H and O–H groups in total. The monoisotopic (exact) mass is 294 g/mol. The zero-order valence-electron chi connectivity index (χ0n) is 12.6. The molecule has 0 aromatic carbocycles. The Kier molecular flexibility index (Phi) is 5.02. The lowest BCUT2D eigenvalue weighted by atomic mass is 9.99. The predicted molar refractivity (Wildman–Crippen MR) is 83.0 cm³/mol. The molecular formula is C15H26N4S. The van der Waals surface area contributed by atoms with E-state index in [1.807, 2.05) is 6.92 Å². The lowest BCUT2D eigenvalue weighted by Gasteiger charge is -2.36. The van der Waals surface area contributed by atoms with E-state index in [0.29, 0.717) is 0 Å². The van der Waals surface area contributed by atoms with Crippen LogP contribution in [0.1, 0.15) is 48.5 Å². The number of piperidine rings is 1. The van der Waals surface area contributed by atoms with E-state index in [-0.39, 0.29) is 0 Å². The van der Waals surface area contributed by atoms with Crippen molar-refractivity contribution in [3.8, 4) is 0 Å². The van der Waals surface area contributed by atoms with Crippen molar-refractivity contribution in [1.82, 2.24) is 20.0 Å². The molecule has 1 aromatic rings. The Bertz CT molecular complexity index is 414. The van der Waals surface area contributed by atoms with Crippen LogP contribution in [0.4, 0.5) is 0 Å². The van der Waals surface area contributed by atoms with Crippen LogP contribution in [0, 0.1) is 6.92 Å². The van der Waals surface area contributed by atoms with Gasteiger partial charge in [0.15, 0.2) is 0 Å². The maximum atomic E-state index is 4.30. The highest BCUT2D eigenvalue weighted by atomic mass is 32.1. The van der Waals surface area contributed by atoms with Crippen molar-refractivity contribution in [2.24, 2.45) is 0 Å². The Morgan fingerprint density at radius 3 is 2.65 bits per heavy atom. The second kappa shape index (κ2) is 6.96. The maximum Gasteiger partial charge on any atom is 0.131 e. The molecule has 3 heterocycles. The normalized spacial score (nSPS) is 25.4. The highest BCUT2D eigenvalue weighted by Crippen LogP contribution is 2.23. The minimum Gasteiger partial charge on any atom is -0.303 e. The van der Waals surface area contributed by atoms with Gasteiger partial charge in [0.05, 0.1) is 6.54 Å².